The number of carbonyl (C=O) groups is 3. The zero-order valence-electron chi connectivity index (χ0n) is 18.5. The number of para-hydroxylation sites is 1. The summed E-state index contributed by atoms with van der Waals surface area (Å²) in [6, 6.07) is 20.4. The highest BCUT2D eigenvalue weighted by Gasteiger charge is 2.38. The topological polar surface area (TPSA) is 87.7 Å². The van der Waals surface area contributed by atoms with Gasteiger partial charge in [0.15, 0.2) is 5.11 Å². The molecule has 0 aliphatic carbocycles. The molecular formula is C26H23N3O4S. The molecule has 4 rings (SSSR count). The Hall–Kier alpha value is -4.04. The van der Waals surface area contributed by atoms with Crippen molar-refractivity contribution >= 4 is 46.4 Å². The van der Waals surface area contributed by atoms with Crippen LogP contribution in [0.1, 0.15) is 50.8 Å². The Labute approximate surface area is 202 Å². The lowest BCUT2D eigenvalue weighted by Crippen LogP contribution is -2.34. The molecule has 1 aliphatic rings. The monoisotopic (exact) mass is 473 g/mol. The van der Waals surface area contributed by atoms with Crippen molar-refractivity contribution in [2.75, 3.05) is 16.8 Å². The highest BCUT2D eigenvalue weighted by atomic mass is 32.1. The summed E-state index contributed by atoms with van der Waals surface area (Å²) in [5.74, 6) is -0.580. The second kappa shape index (κ2) is 10.3. The molecule has 2 N–H and O–H groups in total. The van der Waals surface area contributed by atoms with E-state index < -0.39 is 17.7 Å². The van der Waals surface area contributed by atoms with E-state index in [9.17, 15) is 14.4 Å². The summed E-state index contributed by atoms with van der Waals surface area (Å²) in [6.07, 6.45) is 2.00. The summed E-state index contributed by atoms with van der Waals surface area (Å²) in [7, 11) is 0. The van der Waals surface area contributed by atoms with Crippen LogP contribution in [-0.2, 0) is 0 Å². The van der Waals surface area contributed by atoms with Crippen molar-refractivity contribution in [3.63, 3.8) is 0 Å². The summed E-state index contributed by atoms with van der Waals surface area (Å²) in [5.41, 5.74) is 1.72. The molecule has 7 nitrogen and oxygen atoms in total. The van der Waals surface area contributed by atoms with Crippen LogP contribution in [0.4, 0.5) is 11.4 Å². The third kappa shape index (κ3) is 4.82. The van der Waals surface area contributed by atoms with Crippen molar-refractivity contribution in [3.05, 3.63) is 89.5 Å². The number of imide groups is 1. The Bertz CT molecular complexity index is 1240. The maximum Gasteiger partial charge on any atom is 0.268 e. The Kier molecular flexibility index (Phi) is 6.98. The van der Waals surface area contributed by atoms with Crippen LogP contribution < -0.4 is 20.3 Å². The minimum absolute atomic E-state index is 0.0140. The summed E-state index contributed by atoms with van der Waals surface area (Å²) in [6.45, 7) is 2.71. The second-order valence-corrected chi connectivity index (χ2v) is 8.05. The van der Waals surface area contributed by atoms with Crippen LogP contribution in [0.3, 0.4) is 0 Å². The van der Waals surface area contributed by atoms with Crippen LogP contribution in [0.2, 0.25) is 0 Å². The van der Waals surface area contributed by atoms with Gasteiger partial charge in [0.1, 0.15) is 5.75 Å². The molecule has 34 heavy (non-hydrogen) atoms. The molecule has 172 valence electrons. The molecule has 3 aromatic carbocycles. The Morgan fingerprint density at radius 1 is 0.941 bits per heavy atom. The fourth-order valence-electron chi connectivity index (χ4n) is 3.57. The summed E-state index contributed by atoms with van der Waals surface area (Å²) >= 11 is 5.29. The van der Waals surface area contributed by atoms with Crippen LogP contribution in [-0.4, -0.2) is 29.4 Å². The smallest absolute Gasteiger partial charge is 0.268 e. The van der Waals surface area contributed by atoms with Crippen molar-refractivity contribution in [2.24, 2.45) is 0 Å². The third-order valence-electron chi connectivity index (χ3n) is 5.29. The van der Waals surface area contributed by atoms with E-state index in [4.69, 9.17) is 17.0 Å². The van der Waals surface area contributed by atoms with Crippen molar-refractivity contribution in [2.45, 2.75) is 19.8 Å². The fourth-order valence-corrected chi connectivity index (χ4v) is 3.77. The Balaban J connectivity index is 1.45. The molecule has 0 saturated heterocycles. The van der Waals surface area contributed by atoms with Gasteiger partial charge in [-0.1, -0.05) is 37.6 Å². The first-order valence-electron chi connectivity index (χ1n) is 10.9. The number of rotatable bonds is 7. The molecule has 0 bridgehead atoms. The predicted molar refractivity (Wildman–Crippen MR) is 135 cm³/mol. The molecule has 0 unspecified atom stereocenters. The minimum Gasteiger partial charge on any atom is -0.494 e. The number of unbranched alkanes of at least 4 members (excludes halogenated alkanes) is 1. The number of thiocarbonyl (C=S) groups is 1. The summed E-state index contributed by atoms with van der Waals surface area (Å²) in [5, 5.41) is 5.51. The van der Waals surface area contributed by atoms with Crippen LogP contribution >= 0.6 is 12.2 Å². The van der Waals surface area contributed by atoms with E-state index in [-0.39, 0.29) is 16.2 Å². The normalized spacial score (nSPS) is 12.3. The van der Waals surface area contributed by atoms with Gasteiger partial charge in [-0.2, -0.15) is 0 Å². The fraction of sp³-hybridized carbons (Fsp3) is 0.154. The molecule has 1 heterocycles. The molecule has 3 aromatic rings. The second-order valence-electron chi connectivity index (χ2n) is 7.64. The Morgan fingerprint density at radius 2 is 1.68 bits per heavy atom. The van der Waals surface area contributed by atoms with Gasteiger partial charge in [0.25, 0.3) is 17.7 Å². The van der Waals surface area contributed by atoms with Crippen molar-refractivity contribution < 1.29 is 19.1 Å². The lowest BCUT2D eigenvalue weighted by molar-refractivity contribution is 0.0924. The highest BCUT2D eigenvalue weighted by molar-refractivity contribution is 7.80. The lowest BCUT2D eigenvalue weighted by Gasteiger charge is -2.14. The first kappa shape index (κ1) is 23.1. The number of fused-ring (bicyclic) bond motifs is 1. The number of carbonyl (C=O) groups excluding carboxylic acids is 3. The summed E-state index contributed by atoms with van der Waals surface area (Å²) < 4.78 is 5.61. The van der Waals surface area contributed by atoms with Gasteiger partial charge in [0, 0.05) is 5.56 Å². The molecular weight excluding hydrogens is 450 g/mol. The van der Waals surface area contributed by atoms with E-state index in [1.54, 1.807) is 66.7 Å². The highest BCUT2D eigenvalue weighted by Crippen LogP contribution is 2.32. The van der Waals surface area contributed by atoms with Crippen LogP contribution in [0.25, 0.3) is 0 Å². The van der Waals surface area contributed by atoms with Gasteiger partial charge in [-0.3, -0.25) is 19.7 Å². The molecule has 1 aliphatic heterocycles. The first-order chi connectivity index (χ1) is 16.5. The molecule has 0 saturated carbocycles. The quantitative estimate of drug-likeness (QED) is 0.291. The lowest BCUT2D eigenvalue weighted by atomic mass is 10.1. The van der Waals surface area contributed by atoms with E-state index in [1.165, 1.54) is 0 Å². The first-order valence-corrected chi connectivity index (χ1v) is 11.3. The third-order valence-corrected chi connectivity index (χ3v) is 5.49. The van der Waals surface area contributed by atoms with Gasteiger partial charge in [0.2, 0.25) is 0 Å². The number of amides is 3. The number of anilines is 2. The van der Waals surface area contributed by atoms with Gasteiger partial charge in [0.05, 0.1) is 29.1 Å². The molecule has 0 aromatic heterocycles. The van der Waals surface area contributed by atoms with Gasteiger partial charge < -0.3 is 10.1 Å². The maximum absolute atomic E-state index is 13.1. The van der Waals surface area contributed by atoms with E-state index in [0.29, 0.717) is 29.3 Å². The van der Waals surface area contributed by atoms with E-state index in [0.717, 1.165) is 17.7 Å². The standard InChI is InChI=1S/C26H23N3O4S/c1-2-3-16-33-19-14-12-17(13-15-19)23(30)28-26(34)27-21-11-7-10-20-22(21)25(32)29(24(20)31)18-8-5-4-6-9-18/h4-15H,2-3,16H2,1H3,(H2,27,28,30,34). The average molecular weight is 474 g/mol. The minimum atomic E-state index is -0.456. The van der Waals surface area contributed by atoms with Gasteiger partial charge >= 0.3 is 0 Å². The zero-order valence-corrected chi connectivity index (χ0v) is 19.4. The number of hydrogen-bond donors (Lipinski definition) is 2. The van der Waals surface area contributed by atoms with Crippen molar-refractivity contribution in [1.29, 1.82) is 0 Å². The average Bonchev–Trinajstić information content (AvgIpc) is 3.10. The van der Waals surface area contributed by atoms with E-state index in [2.05, 4.69) is 17.6 Å². The van der Waals surface area contributed by atoms with Crippen LogP contribution in [0.5, 0.6) is 5.75 Å². The predicted octanol–water partition coefficient (Wildman–Crippen LogP) is 4.79. The summed E-state index contributed by atoms with van der Waals surface area (Å²) in [4.78, 5) is 39.7. The van der Waals surface area contributed by atoms with Crippen LogP contribution in [0, 0.1) is 0 Å². The van der Waals surface area contributed by atoms with E-state index >= 15 is 0 Å². The number of hydrogen-bond acceptors (Lipinski definition) is 5. The molecule has 8 heteroatoms. The van der Waals surface area contributed by atoms with Gasteiger partial charge in [-0.05, 0) is 67.2 Å². The molecule has 0 radical (unpaired) electrons. The molecule has 3 amide bonds. The SMILES string of the molecule is CCCCOc1ccc(C(=O)NC(=S)Nc2cccc3c2C(=O)N(c2ccccc2)C3=O)cc1. The van der Waals surface area contributed by atoms with Crippen LogP contribution in [0.15, 0.2) is 72.8 Å². The largest absolute Gasteiger partial charge is 0.494 e. The molecule has 0 atom stereocenters. The number of nitrogens with zero attached hydrogens (tertiary/aromatic N) is 1. The Morgan fingerprint density at radius 3 is 2.38 bits per heavy atom. The van der Waals surface area contributed by atoms with Gasteiger partial charge in [-0.15, -0.1) is 0 Å². The zero-order chi connectivity index (χ0) is 24.1. The van der Waals surface area contributed by atoms with E-state index in [1.807, 2.05) is 6.07 Å². The molecule has 0 fully saturated rings. The molecule has 0 spiro atoms. The van der Waals surface area contributed by atoms with Crippen molar-refractivity contribution in [3.8, 4) is 5.75 Å². The number of ether oxygens (including phenoxy) is 1. The number of benzene rings is 3. The van der Waals surface area contributed by atoms with Gasteiger partial charge in [-0.25, -0.2) is 4.90 Å². The number of nitrogens with one attached hydrogen (secondary N) is 2. The van der Waals surface area contributed by atoms with Crippen molar-refractivity contribution in [1.82, 2.24) is 5.32 Å². The maximum atomic E-state index is 13.1.